The Morgan fingerprint density at radius 2 is 1.33 bits per heavy atom. The Balaban J connectivity index is 1.38. The van der Waals surface area contributed by atoms with Gasteiger partial charge in [0.15, 0.2) is 0 Å². The van der Waals surface area contributed by atoms with Crippen LogP contribution in [0.3, 0.4) is 0 Å². The molecule has 1 aliphatic carbocycles. The van der Waals surface area contributed by atoms with E-state index < -0.39 is 28.5 Å². The third-order valence-corrected chi connectivity index (χ3v) is 10.9. The van der Waals surface area contributed by atoms with Gasteiger partial charge in [-0.15, -0.1) is 0 Å². The van der Waals surface area contributed by atoms with E-state index in [1.165, 1.54) is 12.1 Å². The highest BCUT2D eigenvalue weighted by molar-refractivity contribution is 7.92. The quantitative estimate of drug-likeness (QED) is 0.128. The van der Waals surface area contributed by atoms with Gasteiger partial charge >= 0.3 is 0 Å². The van der Waals surface area contributed by atoms with Crippen molar-refractivity contribution in [3.63, 3.8) is 0 Å². The van der Waals surface area contributed by atoms with Crippen LogP contribution in [0.1, 0.15) is 42.4 Å². The topological polar surface area (TPSA) is 96.0 Å². The third-order valence-electron chi connectivity index (χ3n) is 9.12. The minimum atomic E-state index is -4.21. The van der Waals surface area contributed by atoms with Gasteiger partial charge in [0.1, 0.15) is 24.1 Å². The van der Waals surface area contributed by atoms with Crippen molar-refractivity contribution in [1.82, 2.24) is 10.2 Å². The number of aryl methyl sites for hydroxylation is 1. The summed E-state index contributed by atoms with van der Waals surface area (Å²) >= 11 is 0. The molecule has 1 fully saturated rings. The third kappa shape index (κ3) is 9.23. The molecule has 5 aromatic carbocycles. The molecule has 5 aromatic rings. The van der Waals surface area contributed by atoms with Crippen LogP contribution in [-0.2, 0) is 32.6 Å². The van der Waals surface area contributed by atoms with Crippen LogP contribution in [0.15, 0.2) is 144 Å². The van der Waals surface area contributed by atoms with Crippen molar-refractivity contribution in [2.45, 2.75) is 62.6 Å². The molecule has 1 atom stereocenters. The summed E-state index contributed by atoms with van der Waals surface area (Å²) in [7, 11) is -4.21. The number of anilines is 1. The average Bonchev–Trinajstić information content (AvgIpc) is 3.66. The number of nitrogens with one attached hydrogen (secondary N) is 1. The average molecular weight is 702 g/mol. The number of carbonyl (C=O) groups excluding carboxylic acids is 2. The molecular formula is C42H43N3O5S. The van der Waals surface area contributed by atoms with Crippen LogP contribution in [0.5, 0.6) is 11.5 Å². The summed E-state index contributed by atoms with van der Waals surface area (Å²) in [6.07, 6.45) is 4.14. The summed E-state index contributed by atoms with van der Waals surface area (Å²) in [5.41, 5.74) is 3.04. The van der Waals surface area contributed by atoms with Gasteiger partial charge in [-0.05, 0) is 79.4 Å². The first-order valence-corrected chi connectivity index (χ1v) is 18.8. The molecule has 2 amide bonds. The van der Waals surface area contributed by atoms with Gasteiger partial charge < -0.3 is 15.0 Å². The molecule has 1 aliphatic rings. The second-order valence-corrected chi connectivity index (χ2v) is 14.8. The van der Waals surface area contributed by atoms with Crippen molar-refractivity contribution in [2.75, 3.05) is 10.8 Å². The van der Waals surface area contributed by atoms with Crippen LogP contribution in [-0.4, -0.2) is 43.8 Å². The number of rotatable bonds is 14. The van der Waals surface area contributed by atoms with Crippen molar-refractivity contribution in [1.29, 1.82) is 0 Å². The first-order chi connectivity index (χ1) is 24.8. The maximum atomic E-state index is 14.8. The largest absolute Gasteiger partial charge is 0.457 e. The van der Waals surface area contributed by atoms with Crippen LogP contribution >= 0.6 is 0 Å². The van der Waals surface area contributed by atoms with Crippen molar-refractivity contribution < 1.29 is 22.7 Å². The Kier molecular flexibility index (Phi) is 11.5. The Hall–Kier alpha value is -5.41. The van der Waals surface area contributed by atoms with Gasteiger partial charge in [0.25, 0.3) is 10.0 Å². The maximum absolute atomic E-state index is 14.8. The fourth-order valence-corrected chi connectivity index (χ4v) is 7.92. The smallest absolute Gasteiger partial charge is 0.264 e. The summed E-state index contributed by atoms with van der Waals surface area (Å²) in [5, 5.41) is 3.22. The molecule has 0 aliphatic heterocycles. The van der Waals surface area contributed by atoms with E-state index in [0.29, 0.717) is 11.5 Å². The summed E-state index contributed by atoms with van der Waals surface area (Å²) in [6, 6.07) is 40.5. The predicted octanol–water partition coefficient (Wildman–Crippen LogP) is 7.68. The molecule has 9 heteroatoms. The number of hydrogen-bond donors (Lipinski definition) is 1. The second-order valence-electron chi connectivity index (χ2n) is 12.9. The van der Waals surface area contributed by atoms with E-state index in [0.717, 1.165) is 46.7 Å². The van der Waals surface area contributed by atoms with Crippen molar-refractivity contribution in [3.05, 3.63) is 156 Å². The molecule has 8 nitrogen and oxygen atoms in total. The fourth-order valence-electron chi connectivity index (χ4n) is 6.48. The predicted molar refractivity (Wildman–Crippen MR) is 200 cm³/mol. The number of nitrogens with zero attached hydrogens (tertiary/aromatic N) is 2. The molecule has 51 heavy (non-hydrogen) atoms. The van der Waals surface area contributed by atoms with E-state index in [2.05, 4.69) is 5.32 Å². The van der Waals surface area contributed by atoms with Gasteiger partial charge in [-0.1, -0.05) is 109 Å². The zero-order valence-corrected chi connectivity index (χ0v) is 29.5. The highest BCUT2D eigenvalue weighted by Gasteiger charge is 2.35. The van der Waals surface area contributed by atoms with Crippen LogP contribution in [0.2, 0.25) is 0 Å². The van der Waals surface area contributed by atoms with Crippen molar-refractivity contribution in [2.24, 2.45) is 0 Å². The molecule has 0 bridgehead atoms. The molecule has 6 rings (SSSR count). The van der Waals surface area contributed by atoms with E-state index in [1.54, 1.807) is 47.4 Å². The van der Waals surface area contributed by atoms with Crippen LogP contribution < -0.4 is 14.4 Å². The standard InChI is InChI=1S/C42H43N3O5S/c1-32-14-13-17-34(28-32)30-44(40(29-33-15-5-2-6-16-33)42(47)43-35-18-11-12-19-35)41(46)31-45(51(48,49)39-22-9-4-10-23-39)36-24-26-38(27-25-36)50-37-20-7-3-8-21-37/h2-10,13-17,20-28,35,40H,11-12,18-19,29-31H2,1H3,(H,43,47)/t40-/m0/s1. The second kappa shape index (κ2) is 16.5. The lowest BCUT2D eigenvalue weighted by atomic mass is 10.0. The lowest BCUT2D eigenvalue weighted by Gasteiger charge is -2.34. The number of benzene rings is 5. The minimum Gasteiger partial charge on any atom is -0.457 e. The first kappa shape index (κ1) is 35.4. The number of amides is 2. The minimum absolute atomic E-state index is 0.0401. The number of carbonyl (C=O) groups is 2. The molecule has 0 unspecified atom stereocenters. The van der Waals surface area contributed by atoms with Gasteiger partial charge in [0, 0.05) is 19.0 Å². The Bertz CT molecular complexity index is 2000. The van der Waals surface area contributed by atoms with Gasteiger partial charge in [0.2, 0.25) is 11.8 Å². The fraction of sp³-hybridized carbons (Fsp3) is 0.238. The van der Waals surface area contributed by atoms with Crippen LogP contribution in [0.25, 0.3) is 0 Å². The molecule has 0 radical (unpaired) electrons. The monoisotopic (exact) mass is 701 g/mol. The first-order valence-electron chi connectivity index (χ1n) is 17.4. The zero-order chi connectivity index (χ0) is 35.6. The number of hydrogen-bond acceptors (Lipinski definition) is 5. The SMILES string of the molecule is Cc1cccc(CN(C(=O)CN(c2ccc(Oc3ccccc3)cc2)S(=O)(=O)c2ccccc2)[C@@H](Cc2ccccc2)C(=O)NC2CCCC2)c1. The highest BCUT2D eigenvalue weighted by atomic mass is 32.2. The number of ether oxygens (including phenoxy) is 1. The highest BCUT2D eigenvalue weighted by Crippen LogP contribution is 2.29. The van der Waals surface area contributed by atoms with E-state index in [1.807, 2.05) is 91.9 Å². The summed E-state index contributed by atoms with van der Waals surface area (Å²) in [4.78, 5) is 30.6. The van der Waals surface area contributed by atoms with Crippen molar-refractivity contribution in [3.8, 4) is 11.5 Å². The summed E-state index contributed by atoms with van der Waals surface area (Å²) < 4.78 is 35.8. The molecule has 0 saturated heterocycles. The van der Waals surface area contributed by atoms with E-state index in [-0.39, 0.29) is 35.5 Å². The lowest BCUT2D eigenvalue weighted by molar-refractivity contribution is -0.140. The van der Waals surface area contributed by atoms with Gasteiger partial charge in [-0.3, -0.25) is 13.9 Å². The molecule has 1 saturated carbocycles. The number of sulfonamides is 1. The van der Waals surface area contributed by atoms with Gasteiger partial charge in [-0.25, -0.2) is 8.42 Å². The van der Waals surface area contributed by atoms with E-state index in [9.17, 15) is 18.0 Å². The van der Waals surface area contributed by atoms with E-state index >= 15 is 0 Å². The van der Waals surface area contributed by atoms with Crippen LogP contribution in [0.4, 0.5) is 5.69 Å². The normalized spacial score (nSPS) is 13.7. The summed E-state index contributed by atoms with van der Waals surface area (Å²) in [6.45, 7) is 1.58. The molecule has 0 spiro atoms. The zero-order valence-electron chi connectivity index (χ0n) is 28.7. The molecule has 1 N–H and O–H groups in total. The van der Waals surface area contributed by atoms with Crippen molar-refractivity contribution >= 4 is 27.5 Å². The Morgan fingerprint density at radius 1 is 0.745 bits per heavy atom. The molecule has 0 heterocycles. The van der Waals surface area contributed by atoms with Crippen LogP contribution in [0, 0.1) is 6.92 Å². The molecular weight excluding hydrogens is 659 g/mol. The Labute approximate surface area is 300 Å². The summed E-state index contributed by atoms with van der Waals surface area (Å²) in [5.74, 6) is 0.414. The molecule has 262 valence electrons. The van der Waals surface area contributed by atoms with Gasteiger partial charge in [0.05, 0.1) is 10.6 Å². The van der Waals surface area contributed by atoms with E-state index in [4.69, 9.17) is 4.74 Å². The van der Waals surface area contributed by atoms with Gasteiger partial charge in [-0.2, -0.15) is 0 Å². The lowest BCUT2D eigenvalue weighted by Crippen LogP contribution is -2.54. The number of para-hydroxylation sites is 1. The molecule has 0 aromatic heterocycles. The Morgan fingerprint density at radius 3 is 1.98 bits per heavy atom. The maximum Gasteiger partial charge on any atom is 0.264 e.